The molecule has 0 saturated carbocycles. The Morgan fingerprint density at radius 1 is 1.19 bits per heavy atom. The molecule has 1 unspecified atom stereocenters. The van der Waals surface area contributed by atoms with Crippen molar-refractivity contribution in [3.63, 3.8) is 0 Å². The monoisotopic (exact) mass is 579 g/mol. The van der Waals surface area contributed by atoms with Crippen LogP contribution >= 0.6 is 0 Å². The highest BCUT2D eigenvalue weighted by atomic mass is 16.5. The highest BCUT2D eigenvalue weighted by molar-refractivity contribution is 5.98. The predicted octanol–water partition coefficient (Wildman–Crippen LogP) is -3.96. The Morgan fingerprint density at radius 3 is 2.71 bits per heavy atom. The smallest absolute Gasteiger partial charge is 0.347 e. The first-order valence-corrected chi connectivity index (χ1v) is 13.9. The number of guanidine groups is 2. The van der Waals surface area contributed by atoms with E-state index in [9.17, 15) is 19.8 Å². The number of nitrogens with one attached hydrogen (secondary N) is 5. The highest BCUT2D eigenvalue weighted by Gasteiger charge is 2.78. The molecule has 42 heavy (non-hydrogen) atoms. The van der Waals surface area contributed by atoms with Gasteiger partial charge in [0.25, 0.3) is 23.3 Å². The van der Waals surface area contributed by atoms with E-state index in [1.807, 2.05) is 6.07 Å². The van der Waals surface area contributed by atoms with E-state index in [1.54, 1.807) is 37.3 Å². The lowest BCUT2D eigenvalue weighted by molar-refractivity contribution is -0.674. The van der Waals surface area contributed by atoms with Gasteiger partial charge in [-0.05, 0) is 37.0 Å². The summed E-state index contributed by atoms with van der Waals surface area (Å²) in [5, 5.41) is 35.3. The van der Waals surface area contributed by atoms with E-state index in [0.717, 1.165) is 12.0 Å². The molecule has 11 N–H and O–H groups in total. The number of ether oxygens (including phenoxy) is 1. The summed E-state index contributed by atoms with van der Waals surface area (Å²) in [6.45, 7) is 6.45. The van der Waals surface area contributed by atoms with Crippen LogP contribution in [0.1, 0.15) is 52.4 Å². The van der Waals surface area contributed by atoms with Crippen molar-refractivity contribution in [3.05, 3.63) is 58.9 Å². The molecule has 4 aliphatic rings. The topological polar surface area (TPSA) is 214 Å². The number of rotatable bonds is 5. The van der Waals surface area contributed by atoms with Crippen LogP contribution in [0.25, 0.3) is 0 Å². The second-order valence-electron chi connectivity index (χ2n) is 12.0. The maximum atomic E-state index is 13.6. The molecular weight excluding hydrogens is 542 g/mol. The fourth-order valence-electron chi connectivity index (χ4n) is 6.56. The Bertz CT molecular complexity index is 1540. The number of nitrogens with two attached hydrogens (primary N) is 2. The van der Waals surface area contributed by atoms with Gasteiger partial charge in [-0.2, -0.15) is 0 Å². The number of amides is 2. The van der Waals surface area contributed by atoms with Crippen LogP contribution in [0.15, 0.2) is 36.4 Å². The molecule has 222 valence electrons. The molecule has 2 aromatic rings. The fraction of sp³-hybridized carbons (Fsp3) is 0.464. The highest BCUT2D eigenvalue weighted by Crippen LogP contribution is 2.41. The van der Waals surface area contributed by atoms with Gasteiger partial charge >= 0.3 is 11.9 Å². The third kappa shape index (κ3) is 4.12. The molecule has 6 rings (SSSR count). The van der Waals surface area contributed by atoms with Gasteiger partial charge < -0.3 is 25.6 Å². The first kappa shape index (κ1) is 27.7. The summed E-state index contributed by atoms with van der Waals surface area (Å²) in [6.07, 6.45) is 0.810. The number of carbonyl (C=O) groups is 2. The van der Waals surface area contributed by atoms with E-state index in [2.05, 4.69) is 45.1 Å². The normalized spacial score (nSPS) is 28.2. The summed E-state index contributed by atoms with van der Waals surface area (Å²) in [5.74, 6) is -2.78. The van der Waals surface area contributed by atoms with Gasteiger partial charge in [0.2, 0.25) is 0 Å². The number of aryl methyl sites for hydroxylation is 1. The number of hydrogen-bond acceptors (Lipinski definition) is 10. The van der Waals surface area contributed by atoms with E-state index < -0.39 is 41.4 Å². The second kappa shape index (κ2) is 9.56. The van der Waals surface area contributed by atoms with Crippen LogP contribution in [0.2, 0.25) is 0 Å². The summed E-state index contributed by atoms with van der Waals surface area (Å²) >= 11 is 0. The second-order valence-corrected chi connectivity index (χ2v) is 12.0. The maximum Gasteiger partial charge on any atom is 0.347 e. The summed E-state index contributed by atoms with van der Waals surface area (Å²) in [7, 11) is 0. The molecule has 0 radical (unpaired) electrons. The largest absolute Gasteiger partial charge is 0.492 e. The molecule has 1 fully saturated rings. The number of hydrogen-bond donors (Lipinski definition) is 9. The molecule has 0 bridgehead atoms. The van der Waals surface area contributed by atoms with Gasteiger partial charge in [0.05, 0.1) is 25.3 Å². The van der Waals surface area contributed by atoms with Crippen LogP contribution < -0.4 is 42.5 Å². The van der Waals surface area contributed by atoms with Crippen LogP contribution in [0.3, 0.4) is 0 Å². The maximum absolute atomic E-state index is 13.6. The van der Waals surface area contributed by atoms with Gasteiger partial charge in [-0.3, -0.25) is 31.4 Å². The molecule has 1 saturated heterocycles. The van der Waals surface area contributed by atoms with Crippen molar-refractivity contribution in [1.82, 2.24) is 26.3 Å². The van der Waals surface area contributed by atoms with Crippen molar-refractivity contribution in [2.75, 3.05) is 19.7 Å². The standard InChI is InChI=1S/C28H35N9O5/c1-14-6-4-9-17(32-14)23(39)31-12-18-21-27(36-24(29)35-21)28(40,41)19(13-37(27)25(30)33-18)34-22(38)15-7-5-8-16-20(15)42-11-10-26(16,2)3/h4-9,18-19,21,40-41H,10-13H2,1-3H3,(H7,29,30,31,33,34,35,36,38,39)/p+2/t18-,19?,21-,27-/m0/s1. The molecular formula is C28H37N9O5+2. The first-order chi connectivity index (χ1) is 19.8. The van der Waals surface area contributed by atoms with E-state index in [4.69, 9.17) is 16.2 Å². The molecule has 1 aromatic carbocycles. The lowest BCUT2D eigenvalue weighted by Gasteiger charge is -2.41. The number of nitrogens with zero attached hydrogens (tertiary/aromatic N) is 2. The van der Waals surface area contributed by atoms with Crippen molar-refractivity contribution in [2.45, 2.75) is 62.2 Å². The van der Waals surface area contributed by atoms with E-state index >= 15 is 0 Å². The lowest BCUT2D eigenvalue weighted by Crippen LogP contribution is -2.92. The Balaban J connectivity index is 1.27. The molecule has 14 heteroatoms. The van der Waals surface area contributed by atoms with Crippen LogP contribution in [-0.4, -0.2) is 92.8 Å². The third-order valence-corrected chi connectivity index (χ3v) is 8.82. The van der Waals surface area contributed by atoms with Gasteiger partial charge in [-0.1, -0.05) is 32.0 Å². The molecule has 4 atom stereocenters. The molecule has 5 heterocycles. The number of fused-ring (bicyclic) bond motifs is 1. The molecule has 0 aliphatic carbocycles. The predicted molar refractivity (Wildman–Crippen MR) is 150 cm³/mol. The number of para-hydroxylation sites is 1. The van der Waals surface area contributed by atoms with Crippen molar-refractivity contribution in [1.29, 1.82) is 0 Å². The van der Waals surface area contributed by atoms with Gasteiger partial charge in [0.15, 0.2) is 6.04 Å². The average molecular weight is 580 g/mol. The zero-order valence-corrected chi connectivity index (χ0v) is 23.7. The van der Waals surface area contributed by atoms with Crippen molar-refractivity contribution in [2.24, 2.45) is 11.5 Å². The Morgan fingerprint density at radius 2 is 1.95 bits per heavy atom. The third-order valence-electron chi connectivity index (χ3n) is 8.82. The fourth-order valence-corrected chi connectivity index (χ4v) is 6.56. The number of aliphatic hydroxyl groups is 2. The minimum atomic E-state index is -2.57. The molecule has 14 nitrogen and oxygen atoms in total. The van der Waals surface area contributed by atoms with Crippen molar-refractivity contribution >= 4 is 23.7 Å². The lowest BCUT2D eigenvalue weighted by atomic mass is 9.79. The van der Waals surface area contributed by atoms with Crippen LogP contribution in [0.5, 0.6) is 5.75 Å². The Hall–Kier alpha value is -4.43. The number of benzene rings is 1. The zero-order chi connectivity index (χ0) is 30.0. The summed E-state index contributed by atoms with van der Waals surface area (Å²) < 4.78 is 7.45. The molecule has 4 aliphatic heterocycles. The number of aromatic nitrogens is 1. The summed E-state index contributed by atoms with van der Waals surface area (Å²) in [6, 6.07) is 7.91. The number of carbonyl (C=O) groups excluding carboxylic acids is 2. The van der Waals surface area contributed by atoms with Crippen LogP contribution in [0.4, 0.5) is 0 Å². The minimum absolute atomic E-state index is 0.0494. The Labute approximate surface area is 242 Å². The Kier molecular flexibility index (Phi) is 6.31. The zero-order valence-electron chi connectivity index (χ0n) is 23.7. The van der Waals surface area contributed by atoms with Crippen molar-refractivity contribution in [3.8, 4) is 5.75 Å². The first-order valence-electron chi connectivity index (χ1n) is 13.9. The SMILES string of the molecule is Cc1cccc(C(=O)NC[C@@H]2NC(N)=[N+]3CC(NC(=O)c4cccc5c4OCCC5(C)C)C(O)(O)[C@@]34NC(N)=[NH+][C@@H]24)n1. The number of pyridine rings is 1. The quantitative estimate of drug-likeness (QED) is 0.124. The van der Waals surface area contributed by atoms with E-state index in [0.29, 0.717) is 23.6 Å². The van der Waals surface area contributed by atoms with Gasteiger partial charge in [-0.25, -0.2) is 14.9 Å². The summed E-state index contributed by atoms with van der Waals surface area (Å²) in [5.41, 5.74) is 12.9. The molecule has 2 amide bonds. The van der Waals surface area contributed by atoms with Gasteiger partial charge in [-0.15, -0.1) is 0 Å². The van der Waals surface area contributed by atoms with E-state index in [-0.39, 0.29) is 36.1 Å². The molecule has 1 spiro atoms. The average Bonchev–Trinajstić information content (AvgIpc) is 3.40. The van der Waals surface area contributed by atoms with Gasteiger partial charge in [0.1, 0.15) is 23.5 Å². The van der Waals surface area contributed by atoms with Crippen LogP contribution in [-0.2, 0) is 5.41 Å². The summed E-state index contributed by atoms with van der Waals surface area (Å²) in [4.78, 5) is 33.7. The van der Waals surface area contributed by atoms with Crippen LogP contribution in [0, 0.1) is 6.92 Å². The van der Waals surface area contributed by atoms with E-state index in [1.165, 1.54) is 4.58 Å². The van der Waals surface area contributed by atoms with Gasteiger partial charge in [0, 0.05) is 11.3 Å². The molecule has 1 aromatic heterocycles. The minimum Gasteiger partial charge on any atom is -0.492 e. The van der Waals surface area contributed by atoms with Crippen molar-refractivity contribution < 1.29 is 34.1 Å².